The lowest BCUT2D eigenvalue weighted by atomic mass is 10.0. The lowest BCUT2D eigenvalue weighted by Gasteiger charge is -2.12. The number of benzene rings is 1. The Bertz CT molecular complexity index is 498. The fraction of sp³-hybridized carbons (Fsp3) is 0.538. The van der Waals surface area contributed by atoms with Crippen molar-refractivity contribution in [2.24, 2.45) is 5.92 Å². The molecular formula is C13H17BrF2O2S. The van der Waals surface area contributed by atoms with Gasteiger partial charge < -0.3 is 0 Å². The SMILES string of the molecule is CC(C)CC(Br)Cc1ccc(S(=O)(=O)C(F)F)cc1. The molecule has 0 heterocycles. The molecule has 1 aromatic rings. The van der Waals surface area contributed by atoms with Crippen molar-refractivity contribution >= 4 is 25.8 Å². The highest BCUT2D eigenvalue weighted by Gasteiger charge is 2.26. The molecule has 0 fully saturated rings. The van der Waals surface area contributed by atoms with E-state index in [2.05, 4.69) is 29.8 Å². The van der Waals surface area contributed by atoms with Gasteiger partial charge in [-0.1, -0.05) is 41.9 Å². The highest BCUT2D eigenvalue weighted by atomic mass is 79.9. The zero-order valence-corrected chi connectivity index (χ0v) is 13.2. The van der Waals surface area contributed by atoms with Gasteiger partial charge in [-0.25, -0.2) is 8.42 Å². The van der Waals surface area contributed by atoms with Crippen molar-refractivity contribution in [1.82, 2.24) is 0 Å². The maximum atomic E-state index is 12.4. The van der Waals surface area contributed by atoms with Gasteiger partial charge in [-0.3, -0.25) is 0 Å². The zero-order chi connectivity index (χ0) is 14.6. The average Bonchev–Trinajstić information content (AvgIpc) is 2.28. The molecule has 0 N–H and O–H groups in total. The first-order chi connectivity index (χ1) is 8.73. The quantitative estimate of drug-likeness (QED) is 0.722. The van der Waals surface area contributed by atoms with Crippen LogP contribution in [0.4, 0.5) is 8.78 Å². The van der Waals surface area contributed by atoms with Crippen molar-refractivity contribution < 1.29 is 17.2 Å². The van der Waals surface area contributed by atoms with Crippen LogP contribution in [-0.4, -0.2) is 19.0 Å². The lowest BCUT2D eigenvalue weighted by molar-refractivity contribution is 0.234. The van der Waals surface area contributed by atoms with Crippen molar-refractivity contribution in [3.63, 3.8) is 0 Å². The van der Waals surface area contributed by atoms with Crippen LogP contribution in [0.2, 0.25) is 0 Å². The molecule has 0 radical (unpaired) electrons. The number of sulfone groups is 1. The van der Waals surface area contributed by atoms with E-state index < -0.39 is 15.6 Å². The topological polar surface area (TPSA) is 34.1 Å². The Morgan fingerprint density at radius 3 is 2.11 bits per heavy atom. The van der Waals surface area contributed by atoms with Gasteiger partial charge in [0, 0.05) is 4.83 Å². The van der Waals surface area contributed by atoms with Gasteiger partial charge >= 0.3 is 5.76 Å². The van der Waals surface area contributed by atoms with Crippen LogP contribution in [0.1, 0.15) is 25.8 Å². The molecule has 1 unspecified atom stereocenters. The molecule has 1 atom stereocenters. The van der Waals surface area contributed by atoms with Crippen molar-refractivity contribution in [3.8, 4) is 0 Å². The highest BCUT2D eigenvalue weighted by molar-refractivity contribution is 9.09. The summed E-state index contributed by atoms with van der Waals surface area (Å²) in [6.07, 6.45) is 1.74. The zero-order valence-electron chi connectivity index (χ0n) is 10.8. The van der Waals surface area contributed by atoms with Gasteiger partial charge in [0.25, 0.3) is 0 Å². The number of alkyl halides is 3. The lowest BCUT2D eigenvalue weighted by Crippen LogP contribution is -2.11. The summed E-state index contributed by atoms with van der Waals surface area (Å²) < 4.78 is 47.2. The molecule has 1 rings (SSSR count). The van der Waals surface area contributed by atoms with E-state index in [0.717, 1.165) is 18.4 Å². The Kier molecular flexibility index (Phi) is 5.92. The molecular weight excluding hydrogens is 338 g/mol. The van der Waals surface area contributed by atoms with Crippen LogP contribution >= 0.6 is 15.9 Å². The van der Waals surface area contributed by atoms with E-state index in [-0.39, 0.29) is 4.90 Å². The summed E-state index contributed by atoms with van der Waals surface area (Å²) in [5, 5.41) is 0. The van der Waals surface area contributed by atoms with Crippen molar-refractivity contribution in [2.75, 3.05) is 0 Å². The average molecular weight is 355 g/mol. The van der Waals surface area contributed by atoms with E-state index in [1.165, 1.54) is 12.1 Å². The van der Waals surface area contributed by atoms with E-state index in [0.29, 0.717) is 10.7 Å². The molecule has 0 spiro atoms. The van der Waals surface area contributed by atoms with Crippen molar-refractivity contribution in [3.05, 3.63) is 29.8 Å². The van der Waals surface area contributed by atoms with Crippen LogP contribution in [0.5, 0.6) is 0 Å². The Morgan fingerprint density at radius 1 is 1.16 bits per heavy atom. The summed E-state index contributed by atoms with van der Waals surface area (Å²) in [6, 6.07) is 5.66. The molecule has 0 aromatic heterocycles. The summed E-state index contributed by atoms with van der Waals surface area (Å²) in [6.45, 7) is 4.24. The third kappa shape index (κ3) is 4.84. The molecule has 0 saturated heterocycles. The van der Waals surface area contributed by atoms with Crippen LogP contribution in [0.15, 0.2) is 29.2 Å². The molecule has 0 bridgehead atoms. The minimum atomic E-state index is -4.49. The predicted octanol–water partition coefficient (Wildman–Crippen LogP) is 4.04. The fourth-order valence-corrected chi connectivity index (χ4v) is 3.61. The van der Waals surface area contributed by atoms with Gasteiger partial charge in [-0.2, -0.15) is 8.78 Å². The van der Waals surface area contributed by atoms with Gasteiger partial charge in [-0.05, 0) is 36.5 Å². The van der Waals surface area contributed by atoms with Gasteiger partial charge in [0.05, 0.1) is 4.90 Å². The van der Waals surface area contributed by atoms with E-state index in [1.807, 2.05) is 0 Å². The Labute approximate surface area is 121 Å². The van der Waals surface area contributed by atoms with Crippen LogP contribution in [0, 0.1) is 5.92 Å². The van der Waals surface area contributed by atoms with Gasteiger partial charge in [0.15, 0.2) is 0 Å². The molecule has 0 amide bonds. The third-order valence-electron chi connectivity index (χ3n) is 2.67. The largest absolute Gasteiger partial charge is 0.341 e. The third-order valence-corrected chi connectivity index (χ3v) is 4.77. The van der Waals surface area contributed by atoms with Crippen molar-refractivity contribution in [1.29, 1.82) is 0 Å². The van der Waals surface area contributed by atoms with Gasteiger partial charge in [-0.15, -0.1) is 0 Å². The van der Waals surface area contributed by atoms with Crippen LogP contribution in [0.25, 0.3) is 0 Å². The van der Waals surface area contributed by atoms with E-state index >= 15 is 0 Å². The molecule has 6 heteroatoms. The Hall–Kier alpha value is -0.490. The monoisotopic (exact) mass is 354 g/mol. The maximum Gasteiger partial charge on any atom is 0.341 e. The predicted molar refractivity (Wildman–Crippen MR) is 75.5 cm³/mol. The number of hydrogen-bond acceptors (Lipinski definition) is 2. The second-order valence-corrected chi connectivity index (χ2v) is 8.09. The van der Waals surface area contributed by atoms with E-state index in [9.17, 15) is 17.2 Å². The van der Waals surface area contributed by atoms with Gasteiger partial charge in [0.2, 0.25) is 9.84 Å². The smallest absolute Gasteiger partial charge is 0.218 e. The Balaban J connectivity index is 2.78. The van der Waals surface area contributed by atoms with Crippen LogP contribution in [0.3, 0.4) is 0 Å². The molecule has 0 saturated carbocycles. The molecule has 2 nitrogen and oxygen atoms in total. The molecule has 0 aliphatic rings. The minimum Gasteiger partial charge on any atom is -0.218 e. The molecule has 19 heavy (non-hydrogen) atoms. The second kappa shape index (κ2) is 6.79. The summed E-state index contributed by atoms with van der Waals surface area (Å²) >= 11 is 3.56. The summed E-state index contributed by atoms with van der Waals surface area (Å²) in [4.78, 5) is -0.0358. The first-order valence-electron chi connectivity index (χ1n) is 5.98. The molecule has 1 aromatic carbocycles. The summed E-state index contributed by atoms with van der Waals surface area (Å²) in [5.74, 6) is -2.81. The van der Waals surface area contributed by atoms with Crippen LogP contribution < -0.4 is 0 Å². The van der Waals surface area contributed by atoms with Crippen molar-refractivity contribution in [2.45, 2.75) is 42.2 Å². The van der Waals surface area contributed by atoms with Gasteiger partial charge in [0.1, 0.15) is 0 Å². The molecule has 108 valence electrons. The normalized spacial score (nSPS) is 14.1. The second-order valence-electron chi connectivity index (χ2n) is 4.88. The summed E-state index contributed by atoms with van der Waals surface area (Å²) in [5.41, 5.74) is 0.927. The van der Waals surface area contributed by atoms with E-state index in [1.54, 1.807) is 12.1 Å². The summed E-state index contributed by atoms with van der Waals surface area (Å²) in [7, 11) is -4.49. The molecule has 0 aliphatic heterocycles. The first kappa shape index (κ1) is 16.6. The number of rotatable bonds is 6. The van der Waals surface area contributed by atoms with E-state index in [4.69, 9.17) is 0 Å². The highest BCUT2D eigenvalue weighted by Crippen LogP contribution is 2.21. The number of halogens is 3. The first-order valence-corrected chi connectivity index (χ1v) is 8.44. The maximum absolute atomic E-state index is 12.4. The molecule has 0 aliphatic carbocycles. The fourth-order valence-electron chi connectivity index (χ4n) is 1.77. The standard InChI is InChI=1S/C13H17BrF2O2S/c1-9(2)7-11(14)8-10-3-5-12(6-4-10)19(17,18)13(15)16/h3-6,9,11,13H,7-8H2,1-2H3. The number of hydrogen-bond donors (Lipinski definition) is 0. The minimum absolute atomic E-state index is 0.296. The Morgan fingerprint density at radius 2 is 1.68 bits per heavy atom. The van der Waals surface area contributed by atoms with Crippen LogP contribution in [-0.2, 0) is 16.3 Å².